The zero-order valence-electron chi connectivity index (χ0n) is 15.0. The summed E-state index contributed by atoms with van der Waals surface area (Å²) >= 11 is 5.82. The summed E-state index contributed by atoms with van der Waals surface area (Å²) in [6.45, 7) is 0. The van der Waals surface area contributed by atoms with Crippen LogP contribution in [0.15, 0.2) is 72.8 Å². The van der Waals surface area contributed by atoms with Crippen LogP contribution in [0.2, 0.25) is 5.02 Å². The molecule has 0 aliphatic carbocycles. The molecule has 0 aromatic heterocycles. The molecule has 1 unspecified atom stereocenters. The fourth-order valence-corrected chi connectivity index (χ4v) is 4.58. The van der Waals surface area contributed by atoms with Crippen LogP contribution in [-0.2, 0) is 4.57 Å². The summed E-state index contributed by atoms with van der Waals surface area (Å²) in [5.74, 6) is -0.148. The van der Waals surface area contributed by atoms with E-state index in [4.69, 9.17) is 11.6 Å². The van der Waals surface area contributed by atoms with E-state index in [1.807, 2.05) is 6.07 Å². The van der Waals surface area contributed by atoms with Crippen molar-refractivity contribution in [2.24, 2.45) is 0 Å². The molecule has 2 amide bonds. The van der Waals surface area contributed by atoms with E-state index in [0.717, 1.165) is 0 Å². The molecule has 9 heteroatoms. The average molecular weight is 427 g/mol. The first-order valence-electron chi connectivity index (χ1n) is 8.67. The molecular weight excluding hydrogens is 411 g/mol. The molecular formula is C20H16ClN4O3P. The molecule has 3 aromatic carbocycles. The number of rotatable bonds is 4. The Morgan fingerprint density at radius 1 is 0.828 bits per heavy atom. The van der Waals surface area contributed by atoms with E-state index in [1.165, 1.54) is 0 Å². The van der Waals surface area contributed by atoms with Crippen LogP contribution in [-0.4, -0.2) is 11.8 Å². The first-order valence-corrected chi connectivity index (χ1v) is 10.8. The van der Waals surface area contributed by atoms with Gasteiger partial charge in [-0.1, -0.05) is 41.9 Å². The van der Waals surface area contributed by atoms with Crippen LogP contribution < -0.4 is 20.6 Å². The minimum absolute atomic E-state index is 0.148. The average Bonchev–Trinajstić information content (AvgIpc) is 3.04. The Labute approximate surface area is 172 Å². The maximum atomic E-state index is 13.0. The summed E-state index contributed by atoms with van der Waals surface area (Å²) in [6.07, 6.45) is 0. The van der Waals surface area contributed by atoms with Gasteiger partial charge in [0.1, 0.15) is 0 Å². The number of carbonyl (C=O) groups is 2. The minimum Gasteiger partial charge on any atom is -0.308 e. The van der Waals surface area contributed by atoms with Crippen molar-refractivity contribution in [1.29, 1.82) is 0 Å². The number of fused-ring (bicyclic) bond motifs is 1. The molecule has 4 N–H and O–H groups in total. The molecule has 1 aliphatic heterocycles. The first kappa shape index (κ1) is 19.1. The third-order valence-corrected chi connectivity index (χ3v) is 6.12. The number of benzene rings is 3. The molecule has 1 heterocycles. The molecule has 4 rings (SSSR count). The fraction of sp³-hybridized carbons (Fsp3) is 0. The van der Waals surface area contributed by atoms with Gasteiger partial charge in [-0.15, -0.1) is 0 Å². The molecule has 146 valence electrons. The lowest BCUT2D eigenvalue weighted by Gasteiger charge is -2.15. The molecule has 3 aromatic rings. The maximum absolute atomic E-state index is 13.0. The smallest absolute Gasteiger partial charge is 0.308 e. The third-order valence-electron chi connectivity index (χ3n) is 4.23. The Kier molecular flexibility index (Phi) is 5.01. The van der Waals surface area contributed by atoms with E-state index in [1.54, 1.807) is 66.7 Å². The van der Waals surface area contributed by atoms with Gasteiger partial charge in [0, 0.05) is 21.8 Å². The van der Waals surface area contributed by atoms with E-state index < -0.39 is 13.6 Å². The largest absolute Gasteiger partial charge is 0.356 e. The van der Waals surface area contributed by atoms with Crippen LogP contribution in [0, 0.1) is 0 Å². The van der Waals surface area contributed by atoms with E-state index in [2.05, 4.69) is 20.6 Å². The van der Waals surface area contributed by atoms with Gasteiger partial charge < -0.3 is 15.5 Å². The molecule has 0 bridgehead atoms. The van der Waals surface area contributed by atoms with Gasteiger partial charge in [0.15, 0.2) is 5.78 Å². The van der Waals surface area contributed by atoms with Crippen LogP contribution in [0.3, 0.4) is 0 Å². The van der Waals surface area contributed by atoms with Crippen molar-refractivity contribution >= 4 is 48.1 Å². The number of hydrogen-bond donors (Lipinski definition) is 4. The second kappa shape index (κ2) is 7.62. The van der Waals surface area contributed by atoms with E-state index in [0.29, 0.717) is 33.2 Å². The summed E-state index contributed by atoms with van der Waals surface area (Å²) in [5, 5.41) is 11.1. The molecule has 0 fully saturated rings. The second-order valence-corrected chi connectivity index (χ2v) is 8.69. The predicted molar refractivity (Wildman–Crippen MR) is 115 cm³/mol. The highest BCUT2D eigenvalue weighted by Gasteiger charge is 2.33. The highest BCUT2D eigenvalue weighted by atomic mass is 35.5. The molecule has 1 aliphatic rings. The monoisotopic (exact) mass is 426 g/mol. The number of carbonyl (C=O) groups excluding carboxylic acids is 2. The number of anilines is 3. The Morgan fingerprint density at radius 2 is 1.52 bits per heavy atom. The molecule has 7 nitrogen and oxygen atoms in total. The van der Waals surface area contributed by atoms with Crippen LogP contribution in [0.4, 0.5) is 21.9 Å². The van der Waals surface area contributed by atoms with Crippen molar-refractivity contribution in [1.82, 2.24) is 5.09 Å². The Bertz CT molecular complexity index is 1140. The van der Waals surface area contributed by atoms with Crippen molar-refractivity contribution in [3.8, 4) is 0 Å². The number of nitrogens with one attached hydrogen (secondary N) is 4. The van der Waals surface area contributed by atoms with Crippen molar-refractivity contribution in [3.05, 3.63) is 88.9 Å². The van der Waals surface area contributed by atoms with E-state index in [9.17, 15) is 14.2 Å². The standard InChI is InChI=1S/C20H16ClN4O3P/c21-15-7-9-16(10-8-15)22-20(27)25-29(28)23-17-11-6-14(12-18(17)24-29)19(26)13-4-2-1-3-5-13/h1-12H,(H4,22,23,24,25,27,28). The highest BCUT2D eigenvalue weighted by Crippen LogP contribution is 2.51. The molecule has 29 heavy (non-hydrogen) atoms. The van der Waals surface area contributed by atoms with Gasteiger partial charge in [-0.3, -0.25) is 14.4 Å². The maximum Gasteiger partial charge on any atom is 0.356 e. The van der Waals surface area contributed by atoms with Crippen molar-refractivity contribution in [2.75, 3.05) is 15.5 Å². The lowest BCUT2D eigenvalue weighted by Crippen LogP contribution is -2.29. The molecule has 0 spiro atoms. The summed E-state index contributed by atoms with van der Waals surface area (Å²) in [5.41, 5.74) is 2.52. The van der Waals surface area contributed by atoms with Gasteiger partial charge in [-0.2, -0.15) is 0 Å². The predicted octanol–water partition coefficient (Wildman–Crippen LogP) is 5.34. The van der Waals surface area contributed by atoms with Gasteiger partial charge in [0.25, 0.3) is 0 Å². The Morgan fingerprint density at radius 3 is 2.24 bits per heavy atom. The highest BCUT2D eigenvalue weighted by molar-refractivity contribution is 7.66. The quantitative estimate of drug-likeness (QED) is 0.333. The summed E-state index contributed by atoms with van der Waals surface area (Å²) in [4.78, 5) is 24.8. The van der Waals surface area contributed by atoms with Crippen molar-refractivity contribution < 1.29 is 14.2 Å². The molecule has 0 saturated carbocycles. The number of halogens is 1. The molecule has 0 radical (unpaired) electrons. The van der Waals surface area contributed by atoms with Gasteiger partial charge in [0.05, 0.1) is 11.4 Å². The van der Waals surface area contributed by atoms with Crippen LogP contribution >= 0.6 is 19.2 Å². The van der Waals surface area contributed by atoms with Gasteiger partial charge in [-0.25, -0.2) is 4.79 Å². The van der Waals surface area contributed by atoms with Crippen LogP contribution in [0.25, 0.3) is 0 Å². The van der Waals surface area contributed by atoms with Gasteiger partial charge >= 0.3 is 13.6 Å². The third kappa shape index (κ3) is 4.26. The summed E-state index contributed by atoms with van der Waals surface area (Å²) in [6, 6.07) is 19.6. The zero-order chi connectivity index (χ0) is 20.4. The van der Waals surface area contributed by atoms with Crippen molar-refractivity contribution in [3.63, 3.8) is 0 Å². The second-order valence-electron chi connectivity index (χ2n) is 6.36. The number of ketones is 1. The lowest BCUT2D eigenvalue weighted by molar-refractivity contribution is 0.103. The minimum atomic E-state index is -3.48. The number of amides is 2. The zero-order valence-corrected chi connectivity index (χ0v) is 16.6. The Hall–Kier alpha value is -3.28. The number of urea groups is 1. The van der Waals surface area contributed by atoms with Crippen LogP contribution in [0.1, 0.15) is 15.9 Å². The van der Waals surface area contributed by atoms with Gasteiger partial charge in [0.2, 0.25) is 0 Å². The lowest BCUT2D eigenvalue weighted by atomic mass is 10.0. The fourth-order valence-electron chi connectivity index (χ4n) is 2.89. The Balaban J connectivity index is 1.46. The van der Waals surface area contributed by atoms with E-state index in [-0.39, 0.29) is 5.78 Å². The molecule has 0 saturated heterocycles. The van der Waals surface area contributed by atoms with Crippen LogP contribution in [0.5, 0.6) is 0 Å². The topological polar surface area (TPSA) is 99.3 Å². The SMILES string of the molecule is O=C(Nc1ccc(Cl)cc1)NP1(=O)Nc2ccc(C(=O)c3ccccc3)cc2N1. The molecule has 1 atom stereocenters. The number of hydrogen-bond acceptors (Lipinski definition) is 3. The van der Waals surface area contributed by atoms with Gasteiger partial charge in [-0.05, 0) is 42.5 Å². The first-order chi connectivity index (χ1) is 13.9. The normalized spacial score (nSPS) is 16.9. The summed E-state index contributed by atoms with van der Waals surface area (Å²) < 4.78 is 13.0. The van der Waals surface area contributed by atoms with E-state index >= 15 is 0 Å². The van der Waals surface area contributed by atoms with Crippen molar-refractivity contribution in [2.45, 2.75) is 0 Å². The summed E-state index contributed by atoms with van der Waals surface area (Å²) in [7, 11) is -3.48.